The van der Waals surface area contributed by atoms with Crippen molar-refractivity contribution in [2.75, 3.05) is 12.3 Å². The number of nitrogens with zero attached hydrogens (tertiary/aromatic N) is 2. The molecule has 0 radical (unpaired) electrons. The zero-order chi connectivity index (χ0) is 14.3. The Labute approximate surface area is 119 Å². The van der Waals surface area contributed by atoms with Crippen LogP contribution in [-0.2, 0) is 0 Å². The molecule has 1 aromatic carbocycles. The molecule has 4 atom stereocenters. The molecule has 0 saturated carbocycles. The Balaban J connectivity index is 1.84. The van der Waals surface area contributed by atoms with Crippen LogP contribution in [0.4, 0.5) is 10.1 Å². The van der Waals surface area contributed by atoms with Gasteiger partial charge in [-0.3, -0.25) is 0 Å². The average molecular weight is 298 g/mol. The summed E-state index contributed by atoms with van der Waals surface area (Å²) in [5, 5.41) is 30.1. The summed E-state index contributed by atoms with van der Waals surface area (Å²) in [5.41, 5.74) is 0.615. The zero-order valence-electron chi connectivity index (χ0n) is 10.6. The highest BCUT2D eigenvalue weighted by Crippen LogP contribution is 2.33. The molecule has 0 aromatic heterocycles. The molecular formula is C13H15FN2O3S. The summed E-state index contributed by atoms with van der Waals surface area (Å²) in [7, 11) is 0. The maximum Gasteiger partial charge on any atom is 0.164 e. The van der Waals surface area contributed by atoms with E-state index < -0.39 is 18.3 Å². The van der Waals surface area contributed by atoms with Crippen molar-refractivity contribution >= 4 is 22.6 Å². The Morgan fingerprint density at radius 3 is 2.55 bits per heavy atom. The summed E-state index contributed by atoms with van der Waals surface area (Å²) in [6.07, 6.45) is -3.12. The van der Waals surface area contributed by atoms with E-state index >= 15 is 0 Å². The van der Waals surface area contributed by atoms with Gasteiger partial charge < -0.3 is 20.2 Å². The van der Waals surface area contributed by atoms with Gasteiger partial charge in [0.05, 0.1) is 11.7 Å². The lowest BCUT2D eigenvalue weighted by Crippen LogP contribution is -2.60. The molecule has 1 aromatic rings. The van der Waals surface area contributed by atoms with Gasteiger partial charge in [-0.2, -0.15) is 0 Å². The van der Waals surface area contributed by atoms with Crippen molar-refractivity contribution in [2.45, 2.75) is 24.4 Å². The molecule has 3 rings (SSSR count). The fraction of sp³-hybridized carbons (Fsp3) is 0.462. The van der Waals surface area contributed by atoms with E-state index in [0.717, 1.165) is 0 Å². The van der Waals surface area contributed by atoms with E-state index in [1.165, 1.54) is 23.9 Å². The van der Waals surface area contributed by atoms with Crippen molar-refractivity contribution in [1.29, 1.82) is 0 Å². The van der Waals surface area contributed by atoms with E-state index in [4.69, 9.17) is 0 Å². The van der Waals surface area contributed by atoms with Gasteiger partial charge in [-0.1, -0.05) is 11.8 Å². The second-order valence-corrected chi connectivity index (χ2v) is 5.94. The average Bonchev–Trinajstić information content (AvgIpc) is 2.82. The van der Waals surface area contributed by atoms with Gasteiger partial charge in [0.15, 0.2) is 5.17 Å². The molecule has 0 spiro atoms. The predicted molar refractivity (Wildman–Crippen MR) is 74.5 cm³/mol. The molecule has 2 saturated heterocycles. The lowest BCUT2D eigenvalue weighted by Gasteiger charge is -2.40. The third-order valence-electron chi connectivity index (χ3n) is 3.60. The van der Waals surface area contributed by atoms with E-state index in [1.54, 1.807) is 17.0 Å². The minimum Gasteiger partial charge on any atom is -0.388 e. The van der Waals surface area contributed by atoms with E-state index in [0.29, 0.717) is 16.6 Å². The molecule has 2 aliphatic heterocycles. The summed E-state index contributed by atoms with van der Waals surface area (Å²) in [5.74, 6) is 0.281. The summed E-state index contributed by atoms with van der Waals surface area (Å²) in [4.78, 5) is 6.21. The van der Waals surface area contributed by atoms with Gasteiger partial charge in [-0.05, 0) is 24.3 Å². The third-order valence-corrected chi connectivity index (χ3v) is 4.69. The van der Waals surface area contributed by atoms with E-state index in [1.807, 2.05) is 0 Å². The van der Waals surface area contributed by atoms with Gasteiger partial charge in [-0.15, -0.1) is 0 Å². The van der Waals surface area contributed by atoms with Crippen LogP contribution in [0.5, 0.6) is 0 Å². The van der Waals surface area contributed by atoms with Crippen LogP contribution in [0.15, 0.2) is 29.3 Å². The monoisotopic (exact) mass is 298 g/mol. The first-order valence-electron chi connectivity index (χ1n) is 6.34. The van der Waals surface area contributed by atoms with Gasteiger partial charge in [0.2, 0.25) is 0 Å². The summed E-state index contributed by atoms with van der Waals surface area (Å²) in [6, 6.07) is 5.56. The van der Waals surface area contributed by atoms with Crippen LogP contribution in [-0.4, -0.2) is 62.0 Å². The molecule has 5 nitrogen and oxygen atoms in total. The zero-order valence-corrected chi connectivity index (χ0v) is 11.4. The SMILES string of the molecule is O[C@@H]1[C@@H](O)CN2C(=Nc3ccc(F)cc3)SCC2[C@@H]1O. The summed E-state index contributed by atoms with van der Waals surface area (Å²) < 4.78 is 12.9. The van der Waals surface area contributed by atoms with Crippen molar-refractivity contribution in [1.82, 2.24) is 4.90 Å². The maximum absolute atomic E-state index is 12.9. The largest absolute Gasteiger partial charge is 0.388 e. The number of thioether (sulfide) groups is 1. The molecule has 0 amide bonds. The number of hydrogen-bond acceptors (Lipinski definition) is 5. The van der Waals surface area contributed by atoms with Crippen molar-refractivity contribution in [3.05, 3.63) is 30.1 Å². The van der Waals surface area contributed by atoms with Crippen molar-refractivity contribution < 1.29 is 19.7 Å². The van der Waals surface area contributed by atoms with E-state index in [-0.39, 0.29) is 18.4 Å². The van der Waals surface area contributed by atoms with Crippen LogP contribution < -0.4 is 0 Å². The fourth-order valence-electron chi connectivity index (χ4n) is 2.46. The normalized spacial score (nSPS) is 35.4. The Morgan fingerprint density at radius 1 is 1.15 bits per heavy atom. The van der Waals surface area contributed by atoms with Crippen molar-refractivity contribution in [2.24, 2.45) is 4.99 Å². The Hall–Kier alpha value is -1.15. The van der Waals surface area contributed by atoms with Crippen LogP contribution in [0.3, 0.4) is 0 Å². The van der Waals surface area contributed by atoms with Gasteiger partial charge in [0.25, 0.3) is 0 Å². The number of aliphatic imine (C=N–C) groups is 1. The lowest BCUT2D eigenvalue weighted by atomic mass is 9.96. The lowest BCUT2D eigenvalue weighted by molar-refractivity contribution is -0.114. The highest BCUT2D eigenvalue weighted by atomic mass is 32.2. The molecular weight excluding hydrogens is 283 g/mol. The quantitative estimate of drug-likeness (QED) is 0.696. The number of benzene rings is 1. The highest BCUT2D eigenvalue weighted by Gasteiger charge is 2.46. The van der Waals surface area contributed by atoms with Crippen molar-refractivity contribution in [3.8, 4) is 0 Å². The van der Waals surface area contributed by atoms with Gasteiger partial charge in [0, 0.05) is 12.3 Å². The van der Waals surface area contributed by atoms with Crippen LogP contribution in [0.25, 0.3) is 0 Å². The molecule has 2 fully saturated rings. The Bertz CT molecular complexity index is 525. The number of rotatable bonds is 1. The molecule has 0 bridgehead atoms. The second kappa shape index (κ2) is 5.33. The highest BCUT2D eigenvalue weighted by molar-refractivity contribution is 8.14. The number of piperidine rings is 1. The minimum absolute atomic E-state index is 0.232. The summed E-state index contributed by atoms with van der Waals surface area (Å²) in [6.45, 7) is 0.232. The van der Waals surface area contributed by atoms with Crippen LogP contribution in [0.1, 0.15) is 0 Å². The molecule has 1 unspecified atom stereocenters. The van der Waals surface area contributed by atoms with Crippen LogP contribution >= 0.6 is 11.8 Å². The second-order valence-electron chi connectivity index (χ2n) is 4.95. The van der Waals surface area contributed by atoms with Gasteiger partial charge >= 0.3 is 0 Å². The molecule has 0 aliphatic carbocycles. The number of aliphatic hydroxyl groups excluding tert-OH is 3. The van der Waals surface area contributed by atoms with Crippen molar-refractivity contribution in [3.63, 3.8) is 0 Å². The van der Waals surface area contributed by atoms with E-state index in [2.05, 4.69) is 4.99 Å². The first-order valence-corrected chi connectivity index (χ1v) is 7.33. The molecule has 2 aliphatic rings. The standard InChI is InChI=1S/C13H15FN2O3S/c14-7-1-3-8(4-2-7)15-13-16-5-10(17)12(19)11(18)9(16)6-20-13/h1-4,9-12,17-19H,5-6H2/t9?,10-,11-,12+/m0/s1. The Morgan fingerprint density at radius 2 is 1.85 bits per heavy atom. The van der Waals surface area contributed by atoms with Gasteiger partial charge in [-0.25, -0.2) is 9.38 Å². The number of fused-ring (bicyclic) bond motifs is 1. The molecule has 3 N–H and O–H groups in total. The number of amidine groups is 1. The molecule has 108 valence electrons. The number of aliphatic hydroxyl groups is 3. The smallest absolute Gasteiger partial charge is 0.164 e. The first kappa shape index (κ1) is 13.8. The summed E-state index contributed by atoms with van der Waals surface area (Å²) >= 11 is 1.45. The molecule has 7 heteroatoms. The number of hydrogen-bond donors (Lipinski definition) is 3. The Kier molecular flexibility index (Phi) is 3.68. The van der Waals surface area contributed by atoms with Gasteiger partial charge in [0.1, 0.15) is 24.1 Å². The maximum atomic E-state index is 12.9. The molecule has 2 heterocycles. The third kappa shape index (κ3) is 2.42. The first-order chi connectivity index (χ1) is 9.56. The van der Waals surface area contributed by atoms with Crippen LogP contribution in [0, 0.1) is 5.82 Å². The molecule has 20 heavy (non-hydrogen) atoms. The van der Waals surface area contributed by atoms with E-state index in [9.17, 15) is 19.7 Å². The van der Waals surface area contributed by atoms with Crippen LogP contribution in [0.2, 0.25) is 0 Å². The topological polar surface area (TPSA) is 76.3 Å². The minimum atomic E-state index is -1.12. The predicted octanol–water partition coefficient (Wildman–Crippen LogP) is 0.327. The fourth-order valence-corrected chi connectivity index (χ4v) is 3.70. The number of halogens is 1.